The summed E-state index contributed by atoms with van der Waals surface area (Å²) in [6, 6.07) is 0. The van der Waals surface area contributed by atoms with Gasteiger partial charge in [0.25, 0.3) is 0 Å². The van der Waals surface area contributed by atoms with Crippen molar-refractivity contribution in [1.82, 2.24) is 18.5 Å². The molecule has 0 aliphatic carbocycles. The number of likely N-dealkylation sites (N-methyl/N-ethyl adjacent to an activating group) is 1. The lowest BCUT2D eigenvalue weighted by atomic mass is 10.3. The number of thioether (sulfide) groups is 1. The predicted molar refractivity (Wildman–Crippen MR) is 79.5 cm³/mol. The van der Waals surface area contributed by atoms with Gasteiger partial charge < -0.3 is 9.80 Å². The Kier molecular flexibility index (Phi) is 5.59. The minimum Gasteiger partial charge on any atom is -0.339 e. The van der Waals surface area contributed by atoms with E-state index in [1.807, 2.05) is 11.8 Å². The van der Waals surface area contributed by atoms with Crippen molar-refractivity contribution in [2.45, 2.75) is 19.6 Å². The van der Waals surface area contributed by atoms with Gasteiger partial charge in [0, 0.05) is 31.9 Å². The molecule has 1 aliphatic heterocycles. The van der Waals surface area contributed by atoms with E-state index in [-0.39, 0.29) is 5.91 Å². The van der Waals surface area contributed by atoms with Gasteiger partial charge in [-0.1, -0.05) is 6.92 Å². The fourth-order valence-corrected chi connectivity index (χ4v) is 3.59. The summed E-state index contributed by atoms with van der Waals surface area (Å²) in [5, 5.41) is 0. The van der Waals surface area contributed by atoms with E-state index in [0.29, 0.717) is 5.75 Å². The molecule has 0 atom stereocenters. The molecular weight excluding hydrogens is 280 g/mol. The summed E-state index contributed by atoms with van der Waals surface area (Å²) in [6.45, 7) is 8.94. The summed E-state index contributed by atoms with van der Waals surface area (Å²) >= 11 is 2.87. The van der Waals surface area contributed by atoms with Crippen LogP contribution < -0.4 is 0 Å². The van der Waals surface area contributed by atoms with Gasteiger partial charge in [0.15, 0.2) is 0 Å². The zero-order chi connectivity index (χ0) is 13.7. The molecule has 19 heavy (non-hydrogen) atoms. The second-order valence-electron chi connectivity index (χ2n) is 4.60. The van der Waals surface area contributed by atoms with Crippen LogP contribution in [0.5, 0.6) is 0 Å². The minimum absolute atomic E-state index is 0.251. The van der Waals surface area contributed by atoms with Gasteiger partial charge in [-0.2, -0.15) is 8.75 Å². The number of hydrogen-bond acceptors (Lipinski definition) is 6. The molecule has 2 heterocycles. The van der Waals surface area contributed by atoms with Crippen molar-refractivity contribution < 1.29 is 4.79 Å². The molecule has 0 bridgehead atoms. The maximum absolute atomic E-state index is 12.1. The lowest BCUT2D eigenvalue weighted by Gasteiger charge is -2.34. The van der Waals surface area contributed by atoms with Crippen LogP contribution in [0, 0.1) is 6.92 Å². The fourth-order valence-electron chi connectivity index (χ4n) is 2.02. The van der Waals surface area contributed by atoms with Crippen molar-refractivity contribution in [3.05, 3.63) is 11.4 Å². The number of aromatic nitrogens is 2. The average Bonchev–Trinajstić information content (AvgIpc) is 2.84. The van der Waals surface area contributed by atoms with Crippen molar-refractivity contribution in [3.63, 3.8) is 0 Å². The third-order valence-electron chi connectivity index (χ3n) is 3.38. The molecule has 0 saturated carbocycles. The van der Waals surface area contributed by atoms with Gasteiger partial charge in [-0.3, -0.25) is 4.79 Å². The monoisotopic (exact) mass is 300 g/mol. The van der Waals surface area contributed by atoms with Crippen molar-refractivity contribution in [2.24, 2.45) is 0 Å². The van der Waals surface area contributed by atoms with E-state index >= 15 is 0 Å². The minimum atomic E-state index is 0.251. The zero-order valence-corrected chi connectivity index (χ0v) is 13.1. The van der Waals surface area contributed by atoms with E-state index in [1.165, 1.54) is 11.7 Å². The molecule has 0 radical (unpaired) electrons. The number of amides is 1. The Balaban J connectivity index is 1.69. The number of carbonyl (C=O) groups is 1. The third kappa shape index (κ3) is 4.15. The number of carbonyl (C=O) groups excluding carboxylic acids is 1. The molecule has 106 valence electrons. The molecule has 2 rings (SSSR count). The van der Waals surface area contributed by atoms with E-state index in [2.05, 4.69) is 20.6 Å². The quantitative estimate of drug-likeness (QED) is 0.819. The highest BCUT2D eigenvalue weighted by molar-refractivity contribution is 7.99. The van der Waals surface area contributed by atoms with Crippen molar-refractivity contribution in [1.29, 1.82) is 0 Å². The largest absolute Gasteiger partial charge is 0.339 e. The van der Waals surface area contributed by atoms with Crippen LogP contribution >= 0.6 is 23.5 Å². The Morgan fingerprint density at radius 2 is 2.05 bits per heavy atom. The molecule has 1 aromatic rings. The molecule has 1 aliphatic rings. The van der Waals surface area contributed by atoms with Crippen LogP contribution in [0.1, 0.15) is 18.3 Å². The summed E-state index contributed by atoms with van der Waals surface area (Å²) in [4.78, 5) is 16.4. The summed E-state index contributed by atoms with van der Waals surface area (Å²) < 4.78 is 8.36. The van der Waals surface area contributed by atoms with E-state index in [1.54, 1.807) is 11.8 Å². The SMILES string of the molecule is CCN1CCN(C(=O)CSCc2nsnc2C)CC1. The van der Waals surface area contributed by atoms with Gasteiger partial charge >= 0.3 is 0 Å². The average molecular weight is 300 g/mol. The molecule has 0 unspecified atom stereocenters. The lowest BCUT2D eigenvalue weighted by molar-refractivity contribution is -0.130. The van der Waals surface area contributed by atoms with Crippen LogP contribution in [0.15, 0.2) is 0 Å². The molecule has 5 nitrogen and oxygen atoms in total. The van der Waals surface area contributed by atoms with Crippen LogP contribution in [0.2, 0.25) is 0 Å². The number of nitrogens with zero attached hydrogens (tertiary/aromatic N) is 4. The summed E-state index contributed by atoms with van der Waals surface area (Å²) in [7, 11) is 0. The Morgan fingerprint density at radius 3 is 2.63 bits per heavy atom. The highest BCUT2D eigenvalue weighted by Gasteiger charge is 2.19. The number of piperazine rings is 1. The Morgan fingerprint density at radius 1 is 1.32 bits per heavy atom. The second kappa shape index (κ2) is 7.21. The van der Waals surface area contributed by atoms with Crippen LogP contribution in [-0.2, 0) is 10.5 Å². The molecule has 0 N–H and O–H groups in total. The normalized spacial score (nSPS) is 16.8. The van der Waals surface area contributed by atoms with E-state index in [9.17, 15) is 4.79 Å². The predicted octanol–water partition coefficient (Wildman–Crippen LogP) is 1.24. The van der Waals surface area contributed by atoms with Gasteiger partial charge in [-0.15, -0.1) is 11.8 Å². The first-order valence-electron chi connectivity index (χ1n) is 6.56. The smallest absolute Gasteiger partial charge is 0.232 e. The topological polar surface area (TPSA) is 49.3 Å². The highest BCUT2D eigenvalue weighted by atomic mass is 32.2. The molecule has 1 fully saturated rings. The van der Waals surface area contributed by atoms with E-state index in [0.717, 1.165) is 49.9 Å². The van der Waals surface area contributed by atoms with Crippen molar-refractivity contribution in [3.8, 4) is 0 Å². The first kappa shape index (κ1) is 14.7. The zero-order valence-electron chi connectivity index (χ0n) is 11.5. The fraction of sp³-hybridized carbons (Fsp3) is 0.750. The third-order valence-corrected chi connectivity index (χ3v) is 4.97. The Bertz CT molecular complexity index is 416. The van der Waals surface area contributed by atoms with Gasteiger partial charge in [-0.25, -0.2) is 0 Å². The molecule has 1 aromatic heterocycles. The first-order valence-corrected chi connectivity index (χ1v) is 8.45. The van der Waals surface area contributed by atoms with Gasteiger partial charge in [-0.05, 0) is 13.5 Å². The van der Waals surface area contributed by atoms with Crippen molar-refractivity contribution in [2.75, 3.05) is 38.5 Å². The molecular formula is C12H20N4OS2. The van der Waals surface area contributed by atoms with Gasteiger partial charge in [0.1, 0.15) is 0 Å². The summed E-state index contributed by atoms with van der Waals surface area (Å²) in [6.07, 6.45) is 0. The van der Waals surface area contributed by atoms with Crippen LogP contribution in [0.25, 0.3) is 0 Å². The molecule has 1 amide bonds. The molecule has 1 saturated heterocycles. The molecule has 0 aromatic carbocycles. The maximum Gasteiger partial charge on any atom is 0.232 e. The standard InChI is InChI=1S/C12H20N4OS2/c1-3-15-4-6-16(7-5-15)12(17)9-18-8-11-10(2)13-19-14-11/h3-9H2,1-2H3. The van der Waals surface area contributed by atoms with E-state index < -0.39 is 0 Å². The first-order chi connectivity index (χ1) is 9.20. The molecule has 7 heteroatoms. The number of rotatable bonds is 5. The van der Waals surface area contributed by atoms with E-state index in [4.69, 9.17) is 0 Å². The molecule has 0 spiro atoms. The second-order valence-corrected chi connectivity index (χ2v) is 6.12. The Labute approximate surface area is 122 Å². The number of hydrogen-bond donors (Lipinski definition) is 0. The van der Waals surface area contributed by atoms with Gasteiger partial charge in [0.05, 0.1) is 28.9 Å². The van der Waals surface area contributed by atoms with Crippen LogP contribution in [0.3, 0.4) is 0 Å². The highest BCUT2D eigenvalue weighted by Crippen LogP contribution is 2.15. The maximum atomic E-state index is 12.1. The van der Waals surface area contributed by atoms with Crippen LogP contribution in [-0.4, -0.2) is 62.9 Å². The lowest BCUT2D eigenvalue weighted by Crippen LogP contribution is -2.49. The van der Waals surface area contributed by atoms with Gasteiger partial charge in [0.2, 0.25) is 5.91 Å². The summed E-state index contributed by atoms with van der Waals surface area (Å²) in [5.41, 5.74) is 2.00. The van der Waals surface area contributed by atoms with Crippen molar-refractivity contribution >= 4 is 29.4 Å². The van der Waals surface area contributed by atoms with Crippen LogP contribution in [0.4, 0.5) is 0 Å². The number of aryl methyl sites for hydroxylation is 1. The Hall–Kier alpha value is -0.660. The summed E-state index contributed by atoms with van der Waals surface area (Å²) in [5.74, 6) is 1.58.